The maximum absolute atomic E-state index is 13.4. The van der Waals surface area contributed by atoms with Crippen molar-refractivity contribution in [3.63, 3.8) is 0 Å². The molecule has 0 aromatic heterocycles. The van der Waals surface area contributed by atoms with Gasteiger partial charge in [-0.05, 0) is 104 Å². The molecule has 0 aliphatic carbocycles. The molecule has 208 valence electrons. The van der Waals surface area contributed by atoms with Crippen LogP contribution in [0.1, 0.15) is 62.1 Å². The summed E-state index contributed by atoms with van der Waals surface area (Å²) in [7, 11) is 0. The Labute approximate surface area is 235 Å². The molecule has 5 rings (SSSR count). The average molecular weight is 529 g/mol. The lowest BCUT2D eigenvalue weighted by molar-refractivity contribution is 0.143. The van der Waals surface area contributed by atoms with Crippen molar-refractivity contribution in [3.8, 4) is 28.0 Å². The van der Waals surface area contributed by atoms with E-state index in [1.807, 2.05) is 0 Å². The molecule has 0 unspecified atom stereocenters. The van der Waals surface area contributed by atoms with Crippen LogP contribution in [0.3, 0.4) is 0 Å². The van der Waals surface area contributed by atoms with Crippen LogP contribution in [-0.4, -0.2) is 54.8 Å². The summed E-state index contributed by atoms with van der Waals surface area (Å²) in [6.45, 7) is 12.4. The third-order valence-electron chi connectivity index (χ3n) is 8.89. The SMILES string of the molecule is Cc1c(OCCCN2CCC(F)CC2)cccc1-c1cccc(-c2ccc(CN3CCCC[C@H]3C)cc2)c1C. The topological polar surface area (TPSA) is 15.7 Å². The highest BCUT2D eigenvalue weighted by Gasteiger charge is 2.19. The van der Waals surface area contributed by atoms with Crippen molar-refractivity contribution in [2.75, 3.05) is 32.8 Å². The Balaban J connectivity index is 1.25. The second kappa shape index (κ2) is 13.1. The van der Waals surface area contributed by atoms with Gasteiger partial charge >= 0.3 is 0 Å². The third-order valence-corrected chi connectivity index (χ3v) is 8.89. The van der Waals surface area contributed by atoms with Crippen molar-refractivity contribution in [1.29, 1.82) is 0 Å². The first-order valence-corrected chi connectivity index (χ1v) is 15.0. The van der Waals surface area contributed by atoms with Crippen LogP contribution in [0.15, 0.2) is 60.7 Å². The van der Waals surface area contributed by atoms with Gasteiger partial charge in [-0.15, -0.1) is 0 Å². The summed E-state index contributed by atoms with van der Waals surface area (Å²) in [6.07, 6.45) is 5.68. The molecule has 1 atom stereocenters. The van der Waals surface area contributed by atoms with E-state index in [4.69, 9.17) is 4.74 Å². The van der Waals surface area contributed by atoms with E-state index in [0.717, 1.165) is 38.3 Å². The first-order chi connectivity index (χ1) is 19.0. The Morgan fingerprint density at radius 3 is 2.23 bits per heavy atom. The van der Waals surface area contributed by atoms with Crippen molar-refractivity contribution in [1.82, 2.24) is 9.80 Å². The Morgan fingerprint density at radius 1 is 0.795 bits per heavy atom. The van der Waals surface area contributed by atoms with Gasteiger partial charge in [0.05, 0.1) is 6.61 Å². The van der Waals surface area contributed by atoms with E-state index < -0.39 is 6.17 Å². The van der Waals surface area contributed by atoms with E-state index in [2.05, 4.69) is 91.2 Å². The molecule has 4 heteroatoms. The molecule has 3 aromatic carbocycles. The summed E-state index contributed by atoms with van der Waals surface area (Å²) in [5.74, 6) is 0.955. The van der Waals surface area contributed by atoms with Gasteiger partial charge < -0.3 is 9.64 Å². The van der Waals surface area contributed by atoms with Crippen molar-refractivity contribution >= 4 is 0 Å². The van der Waals surface area contributed by atoms with Crippen LogP contribution in [0.5, 0.6) is 5.75 Å². The minimum absolute atomic E-state index is 0.613. The van der Waals surface area contributed by atoms with Crippen LogP contribution in [0.4, 0.5) is 4.39 Å². The van der Waals surface area contributed by atoms with Crippen LogP contribution in [0.25, 0.3) is 22.3 Å². The summed E-state index contributed by atoms with van der Waals surface area (Å²) in [5, 5.41) is 0. The molecule has 2 saturated heterocycles. The van der Waals surface area contributed by atoms with Crippen LogP contribution in [0.2, 0.25) is 0 Å². The number of piperidine rings is 2. The normalized spacial score (nSPS) is 19.3. The fourth-order valence-corrected chi connectivity index (χ4v) is 6.31. The van der Waals surface area contributed by atoms with Gasteiger partial charge in [0.15, 0.2) is 0 Å². The molecule has 0 saturated carbocycles. The standard InChI is InChI=1S/C35H45FN2O/c1-26-9-4-5-21-38(26)25-29-14-16-30(17-15-29)32-10-6-11-33(27(32)2)34-12-7-13-35(28(34)3)39-24-8-20-37-22-18-31(36)19-23-37/h6-7,10-17,26,31H,4-5,8-9,18-25H2,1-3H3/t26-/m1/s1. The van der Waals surface area contributed by atoms with Crippen molar-refractivity contribution in [3.05, 3.63) is 77.4 Å². The molecule has 2 aliphatic heterocycles. The number of rotatable bonds is 9. The number of benzene rings is 3. The van der Waals surface area contributed by atoms with Crippen LogP contribution < -0.4 is 4.74 Å². The molecule has 0 N–H and O–H groups in total. The summed E-state index contributed by atoms with van der Waals surface area (Å²) in [5.41, 5.74) is 8.92. The van der Waals surface area contributed by atoms with E-state index in [0.29, 0.717) is 25.5 Å². The van der Waals surface area contributed by atoms with E-state index in [1.54, 1.807) is 0 Å². The second-order valence-electron chi connectivity index (χ2n) is 11.6. The summed E-state index contributed by atoms with van der Waals surface area (Å²) < 4.78 is 19.6. The first-order valence-electron chi connectivity index (χ1n) is 15.0. The Morgan fingerprint density at radius 2 is 1.49 bits per heavy atom. The van der Waals surface area contributed by atoms with Gasteiger partial charge in [-0.1, -0.05) is 61.0 Å². The molecule has 0 spiro atoms. The summed E-state index contributed by atoms with van der Waals surface area (Å²) >= 11 is 0. The van der Waals surface area contributed by atoms with Gasteiger partial charge in [0.25, 0.3) is 0 Å². The minimum Gasteiger partial charge on any atom is -0.493 e. The van der Waals surface area contributed by atoms with Crippen LogP contribution >= 0.6 is 0 Å². The molecule has 39 heavy (non-hydrogen) atoms. The lowest BCUT2D eigenvalue weighted by Crippen LogP contribution is -2.36. The first kappa shape index (κ1) is 27.9. The van der Waals surface area contributed by atoms with Gasteiger partial charge in [0, 0.05) is 32.2 Å². The molecule has 2 heterocycles. The number of likely N-dealkylation sites (tertiary alicyclic amines) is 2. The highest BCUT2D eigenvalue weighted by Crippen LogP contribution is 2.36. The Hall–Kier alpha value is -2.69. The second-order valence-corrected chi connectivity index (χ2v) is 11.6. The lowest BCUT2D eigenvalue weighted by atomic mass is 9.90. The molecular weight excluding hydrogens is 483 g/mol. The van der Waals surface area contributed by atoms with Gasteiger partial charge in [-0.25, -0.2) is 4.39 Å². The minimum atomic E-state index is -0.613. The Kier molecular flexibility index (Phi) is 9.36. The lowest BCUT2D eigenvalue weighted by Gasteiger charge is -2.33. The molecule has 0 radical (unpaired) electrons. The fourth-order valence-electron chi connectivity index (χ4n) is 6.31. The van der Waals surface area contributed by atoms with E-state index in [-0.39, 0.29) is 0 Å². The van der Waals surface area contributed by atoms with Gasteiger partial charge in [-0.2, -0.15) is 0 Å². The number of hydrogen-bond acceptors (Lipinski definition) is 3. The number of hydrogen-bond donors (Lipinski definition) is 0. The third kappa shape index (κ3) is 6.91. The fraction of sp³-hybridized carbons (Fsp3) is 0.486. The zero-order valence-electron chi connectivity index (χ0n) is 24.1. The van der Waals surface area contributed by atoms with E-state index in [9.17, 15) is 4.39 Å². The highest BCUT2D eigenvalue weighted by molar-refractivity contribution is 5.80. The molecule has 0 amide bonds. The maximum Gasteiger partial charge on any atom is 0.122 e. The molecule has 3 aromatic rings. The van der Waals surface area contributed by atoms with E-state index in [1.165, 1.54) is 64.8 Å². The van der Waals surface area contributed by atoms with Crippen molar-refractivity contribution in [2.45, 2.75) is 78.1 Å². The number of ether oxygens (including phenoxy) is 1. The average Bonchev–Trinajstić information content (AvgIpc) is 2.95. The number of alkyl halides is 1. The number of nitrogens with zero attached hydrogens (tertiary/aromatic N) is 2. The van der Waals surface area contributed by atoms with Crippen molar-refractivity contribution < 1.29 is 9.13 Å². The van der Waals surface area contributed by atoms with Crippen LogP contribution in [0, 0.1) is 13.8 Å². The zero-order valence-corrected chi connectivity index (χ0v) is 24.1. The summed E-state index contributed by atoms with van der Waals surface area (Å²) in [4.78, 5) is 4.98. The van der Waals surface area contributed by atoms with Crippen molar-refractivity contribution in [2.24, 2.45) is 0 Å². The van der Waals surface area contributed by atoms with Crippen LogP contribution in [-0.2, 0) is 6.54 Å². The predicted molar refractivity (Wildman–Crippen MR) is 161 cm³/mol. The van der Waals surface area contributed by atoms with E-state index >= 15 is 0 Å². The van der Waals surface area contributed by atoms with Gasteiger partial charge in [-0.3, -0.25) is 4.90 Å². The molecule has 3 nitrogen and oxygen atoms in total. The van der Waals surface area contributed by atoms with Gasteiger partial charge in [0.2, 0.25) is 0 Å². The Bertz CT molecular complexity index is 1220. The number of halogens is 1. The molecule has 0 bridgehead atoms. The van der Waals surface area contributed by atoms with Gasteiger partial charge in [0.1, 0.15) is 11.9 Å². The largest absolute Gasteiger partial charge is 0.493 e. The monoisotopic (exact) mass is 528 g/mol. The molecule has 2 fully saturated rings. The smallest absolute Gasteiger partial charge is 0.122 e. The highest BCUT2D eigenvalue weighted by atomic mass is 19.1. The maximum atomic E-state index is 13.4. The predicted octanol–water partition coefficient (Wildman–Crippen LogP) is 8.21. The quantitative estimate of drug-likeness (QED) is 0.260. The molecular formula is C35H45FN2O. The summed E-state index contributed by atoms with van der Waals surface area (Å²) in [6, 6.07) is 22.9. The zero-order chi connectivity index (χ0) is 27.2. The molecule has 2 aliphatic rings.